The topological polar surface area (TPSA) is 94.0 Å². The molecule has 0 aliphatic carbocycles. The molecule has 0 spiro atoms. The van der Waals surface area contributed by atoms with Crippen LogP contribution in [0, 0.1) is 11.3 Å². The molecule has 6 nitrogen and oxygen atoms in total. The number of nitrogen functional groups attached to an aromatic ring is 1. The minimum Gasteiger partial charge on any atom is -0.493 e. The van der Waals surface area contributed by atoms with E-state index in [1.54, 1.807) is 38.6 Å². The zero-order chi connectivity index (χ0) is 17.8. The number of ether oxygens (including phenoxy) is 2. The van der Waals surface area contributed by atoms with Gasteiger partial charge in [0, 0.05) is 11.8 Å². The maximum Gasteiger partial charge on any atom is 0.161 e. The number of nitriles is 1. The highest BCUT2D eigenvalue weighted by atomic mass is 16.5. The Balaban J connectivity index is 2.21. The van der Waals surface area contributed by atoms with Crippen molar-refractivity contribution in [3.05, 3.63) is 54.2 Å². The summed E-state index contributed by atoms with van der Waals surface area (Å²) >= 11 is 0. The highest BCUT2D eigenvalue weighted by Crippen LogP contribution is 2.36. The van der Waals surface area contributed by atoms with Gasteiger partial charge in [-0.15, -0.1) is 0 Å². The van der Waals surface area contributed by atoms with Gasteiger partial charge in [-0.05, 0) is 35.9 Å². The molecule has 2 heterocycles. The van der Waals surface area contributed by atoms with Crippen molar-refractivity contribution in [1.82, 2.24) is 9.97 Å². The molecule has 0 unspecified atom stereocenters. The summed E-state index contributed by atoms with van der Waals surface area (Å²) in [5.74, 6) is 1.34. The van der Waals surface area contributed by atoms with Gasteiger partial charge < -0.3 is 15.2 Å². The molecular formula is C19H16N4O2. The van der Waals surface area contributed by atoms with E-state index >= 15 is 0 Å². The zero-order valence-electron chi connectivity index (χ0n) is 13.9. The lowest BCUT2D eigenvalue weighted by Gasteiger charge is -2.12. The maximum absolute atomic E-state index is 9.51. The van der Waals surface area contributed by atoms with Crippen LogP contribution >= 0.6 is 0 Å². The van der Waals surface area contributed by atoms with Crippen LogP contribution in [-0.4, -0.2) is 24.2 Å². The van der Waals surface area contributed by atoms with Gasteiger partial charge in [-0.2, -0.15) is 5.26 Å². The first-order valence-corrected chi connectivity index (χ1v) is 7.52. The number of rotatable bonds is 4. The second-order valence-electron chi connectivity index (χ2n) is 5.21. The molecule has 0 saturated carbocycles. The van der Waals surface area contributed by atoms with Crippen LogP contribution in [0.1, 0.15) is 5.56 Å². The molecule has 0 atom stereocenters. The van der Waals surface area contributed by atoms with E-state index in [0.717, 1.165) is 5.56 Å². The van der Waals surface area contributed by atoms with Gasteiger partial charge in [0.15, 0.2) is 11.5 Å². The standard InChI is InChI=1S/C19H16N4O2/c1-24-17-7-6-12(9-18(17)25-2)13-10-16(15-5-3-4-8-22-15)23-19(21)14(13)11-20/h3-10H,1-2H3,(H2,21,23). The number of hydrogen-bond acceptors (Lipinski definition) is 6. The summed E-state index contributed by atoms with van der Waals surface area (Å²) in [5, 5.41) is 9.51. The highest BCUT2D eigenvalue weighted by molar-refractivity contribution is 5.80. The Morgan fingerprint density at radius 2 is 1.80 bits per heavy atom. The van der Waals surface area contributed by atoms with E-state index in [1.807, 2.05) is 24.3 Å². The minimum absolute atomic E-state index is 0.162. The molecule has 0 bridgehead atoms. The van der Waals surface area contributed by atoms with Crippen molar-refractivity contribution in [1.29, 1.82) is 5.26 Å². The second kappa shape index (κ2) is 6.89. The van der Waals surface area contributed by atoms with Crippen molar-refractivity contribution in [2.45, 2.75) is 0 Å². The van der Waals surface area contributed by atoms with Crippen molar-refractivity contribution in [2.75, 3.05) is 20.0 Å². The highest BCUT2D eigenvalue weighted by Gasteiger charge is 2.15. The van der Waals surface area contributed by atoms with Crippen molar-refractivity contribution >= 4 is 5.82 Å². The Kier molecular flexibility index (Phi) is 4.48. The van der Waals surface area contributed by atoms with E-state index in [0.29, 0.717) is 34.0 Å². The number of nitrogens with zero attached hydrogens (tertiary/aromatic N) is 3. The molecule has 124 valence electrons. The van der Waals surface area contributed by atoms with Gasteiger partial charge in [-0.1, -0.05) is 12.1 Å². The first-order valence-electron chi connectivity index (χ1n) is 7.52. The van der Waals surface area contributed by atoms with Crippen LogP contribution in [-0.2, 0) is 0 Å². The lowest BCUT2D eigenvalue weighted by atomic mass is 9.99. The summed E-state index contributed by atoms with van der Waals surface area (Å²) in [7, 11) is 3.13. The molecule has 0 radical (unpaired) electrons. The number of methoxy groups -OCH3 is 2. The molecule has 0 aliphatic rings. The van der Waals surface area contributed by atoms with Crippen LogP contribution in [0.25, 0.3) is 22.5 Å². The summed E-state index contributed by atoms with van der Waals surface area (Å²) < 4.78 is 10.6. The first-order chi connectivity index (χ1) is 12.2. The molecule has 6 heteroatoms. The number of hydrogen-bond donors (Lipinski definition) is 1. The largest absolute Gasteiger partial charge is 0.493 e. The molecule has 2 aromatic heterocycles. The predicted octanol–water partition coefficient (Wildman–Crippen LogP) is 3.28. The fourth-order valence-electron chi connectivity index (χ4n) is 2.56. The van der Waals surface area contributed by atoms with Crippen LogP contribution in [0.15, 0.2) is 48.7 Å². The molecule has 0 amide bonds. The first kappa shape index (κ1) is 16.3. The van der Waals surface area contributed by atoms with E-state index in [4.69, 9.17) is 15.2 Å². The number of aromatic nitrogens is 2. The molecule has 0 saturated heterocycles. The fourth-order valence-corrected chi connectivity index (χ4v) is 2.56. The van der Waals surface area contributed by atoms with Crippen LogP contribution < -0.4 is 15.2 Å². The van der Waals surface area contributed by atoms with E-state index in [1.165, 1.54) is 0 Å². The van der Waals surface area contributed by atoms with Gasteiger partial charge >= 0.3 is 0 Å². The van der Waals surface area contributed by atoms with E-state index in [2.05, 4.69) is 16.0 Å². The predicted molar refractivity (Wildman–Crippen MR) is 95.1 cm³/mol. The summed E-state index contributed by atoms with van der Waals surface area (Å²) in [5.41, 5.74) is 9.05. The van der Waals surface area contributed by atoms with Crippen LogP contribution in [0.4, 0.5) is 5.82 Å². The fraction of sp³-hybridized carbons (Fsp3) is 0.105. The Bertz CT molecular complexity index is 950. The monoisotopic (exact) mass is 332 g/mol. The van der Waals surface area contributed by atoms with Gasteiger partial charge in [0.05, 0.1) is 25.6 Å². The third kappa shape index (κ3) is 3.08. The van der Waals surface area contributed by atoms with Crippen LogP contribution in [0.3, 0.4) is 0 Å². The molecule has 0 fully saturated rings. The van der Waals surface area contributed by atoms with Gasteiger partial charge in [-0.25, -0.2) is 4.98 Å². The third-order valence-corrected chi connectivity index (χ3v) is 3.78. The molecule has 3 rings (SSSR count). The molecule has 3 aromatic rings. The molecule has 1 aromatic carbocycles. The Morgan fingerprint density at radius 1 is 1.00 bits per heavy atom. The maximum atomic E-state index is 9.51. The number of nitrogens with two attached hydrogens (primary N) is 1. The lowest BCUT2D eigenvalue weighted by molar-refractivity contribution is 0.355. The van der Waals surface area contributed by atoms with Crippen molar-refractivity contribution in [2.24, 2.45) is 0 Å². The Hall–Kier alpha value is -3.59. The molecular weight excluding hydrogens is 316 g/mol. The van der Waals surface area contributed by atoms with Crippen molar-refractivity contribution in [3.8, 4) is 40.1 Å². The summed E-state index contributed by atoms with van der Waals surface area (Å²) in [6.45, 7) is 0. The van der Waals surface area contributed by atoms with E-state index < -0.39 is 0 Å². The summed E-state index contributed by atoms with van der Waals surface area (Å²) in [6.07, 6.45) is 1.68. The second-order valence-corrected chi connectivity index (χ2v) is 5.21. The normalized spacial score (nSPS) is 10.1. The smallest absolute Gasteiger partial charge is 0.161 e. The SMILES string of the molecule is COc1ccc(-c2cc(-c3ccccn3)nc(N)c2C#N)cc1OC. The summed E-state index contributed by atoms with van der Waals surface area (Å²) in [6, 6.07) is 14.9. The Morgan fingerprint density at radius 3 is 2.44 bits per heavy atom. The molecule has 25 heavy (non-hydrogen) atoms. The molecule has 0 aliphatic heterocycles. The summed E-state index contributed by atoms with van der Waals surface area (Å²) in [4.78, 5) is 8.61. The van der Waals surface area contributed by atoms with Crippen molar-refractivity contribution < 1.29 is 9.47 Å². The van der Waals surface area contributed by atoms with Gasteiger partial charge in [0.2, 0.25) is 0 Å². The minimum atomic E-state index is 0.162. The quantitative estimate of drug-likeness (QED) is 0.788. The zero-order valence-corrected chi connectivity index (χ0v) is 13.9. The van der Waals surface area contributed by atoms with Gasteiger partial charge in [-0.3, -0.25) is 4.98 Å². The van der Waals surface area contributed by atoms with Crippen LogP contribution in [0.5, 0.6) is 11.5 Å². The third-order valence-electron chi connectivity index (χ3n) is 3.78. The number of anilines is 1. The van der Waals surface area contributed by atoms with E-state index in [9.17, 15) is 5.26 Å². The Labute approximate surface area is 145 Å². The number of pyridine rings is 2. The lowest BCUT2D eigenvalue weighted by Crippen LogP contribution is -2.00. The van der Waals surface area contributed by atoms with Gasteiger partial charge in [0.1, 0.15) is 17.5 Å². The van der Waals surface area contributed by atoms with Crippen molar-refractivity contribution in [3.63, 3.8) is 0 Å². The number of benzene rings is 1. The van der Waals surface area contributed by atoms with Crippen LogP contribution in [0.2, 0.25) is 0 Å². The average Bonchev–Trinajstić information content (AvgIpc) is 2.67. The average molecular weight is 332 g/mol. The van der Waals surface area contributed by atoms with E-state index in [-0.39, 0.29) is 5.82 Å². The molecule has 2 N–H and O–H groups in total. The van der Waals surface area contributed by atoms with Gasteiger partial charge in [0.25, 0.3) is 0 Å².